The summed E-state index contributed by atoms with van der Waals surface area (Å²) in [6.07, 6.45) is 3.42. The average Bonchev–Trinajstić information content (AvgIpc) is 2.37. The van der Waals surface area contributed by atoms with Crippen LogP contribution in [-0.4, -0.2) is 23.9 Å². The van der Waals surface area contributed by atoms with Gasteiger partial charge in [-0.3, -0.25) is 4.79 Å². The van der Waals surface area contributed by atoms with Crippen molar-refractivity contribution in [3.05, 3.63) is 34.4 Å². The van der Waals surface area contributed by atoms with Crippen molar-refractivity contribution >= 4 is 17.5 Å². The fourth-order valence-corrected chi connectivity index (χ4v) is 3.47. The van der Waals surface area contributed by atoms with Crippen LogP contribution in [0.2, 0.25) is 0 Å². The highest BCUT2D eigenvalue weighted by Gasteiger charge is 2.27. The number of hydrogen-bond donors (Lipinski definition) is 0. The molecule has 19 heavy (non-hydrogen) atoms. The minimum atomic E-state index is -0.543. The van der Waals surface area contributed by atoms with E-state index in [9.17, 15) is 4.79 Å². The van der Waals surface area contributed by atoms with Gasteiger partial charge in [0, 0.05) is 13.1 Å². The second kappa shape index (κ2) is 5.96. The van der Waals surface area contributed by atoms with Crippen molar-refractivity contribution in [2.24, 2.45) is 0 Å². The monoisotopic (exact) mass is 279 g/mol. The van der Waals surface area contributed by atoms with Gasteiger partial charge in [-0.15, -0.1) is 11.6 Å². The normalized spacial score (nSPS) is 17.4. The van der Waals surface area contributed by atoms with Gasteiger partial charge in [0.05, 0.1) is 0 Å². The van der Waals surface area contributed by atoms with Crippen LogP contribution in [0.5, 0.6) is 0 Å². The molecule has 0 spiro atoms. The highest BCUT2D eigenvalue weighted by Crippen LogP contribution is 2.30. The Morgan fingerprint density at radius 3 is 2.16 bits per heavy atom. The minimum absolute atomic E-state index is 0.0661. The first-order chi connectivity index (χ1) is 9.00. The average molecular weight is 280 g/mol. The van der Waals surface area contributed by atoms with Gasteiger partial charge in [-0.05, 0) is 56.7 Å². The molecule has 1 fully saturated rings. The van der Waals surface area contributed by atoms with Gasteiger partial charge >= 0.3 is 0 Å². The summed E-state index contributed by atoms with van der Waals surface area (Å²) in [6, 6.07) is 4.20. The van der Waals surface area contributed by atoms with Gasteiger partial charge in [-0.2, -0.15) is 0 Å². The van der Waals surface area contributed by atoms with Crippen molar-refractivity contribution < 1.29 is 4.79 Å². The van der Waals surface area contributed by atoms with E-state index in [1.54, 1.807) is 0 Å². The van der Waals surface area contributed by atoms with E-state index in [-0.39, 0.29) is 5.91 Å². The van der Waals surface area contributed by atoms with E-state index in [0.29, 0.717) is 0 Å². The predicted octanol–water partition coefficient (Wildman–Crippen LogP) is 3.90. The molecule has 1 aliphatic rings. The molecule has 104 valence electrons. The van der Waals surface area contributed by atoms with Gasteiger partial charge in [-0.1, -0.05) is 17.7 Å². The summed E-state index contributed by atoms with van der Waals surface area (Å²) in [7, 11) is 0. The summed E-state index contributed by atoms with van der Waals surface area (Å²) in [5, 5.41) is -0.543. The number of halogens is 1. The number of carbonyl (C=O) groups excluding carboxylic acids is 1. The molecule has 0 aromatic heterocycles. The molecular weight excluding hydrogens is 258 g/mol. The topological polar surface area (TPSA) is 20.3 Å². The van der Waals surface area contributed by atoms with Crippen LogP contribution in [0, 0.1) is 20.8 Å². The molecule has 0 bridgehead atoms. The first-order valence-electron chi connectivity index (χ1n) is 7.01. The molecule has 0 aliphatic carbocycles. The van der Waals surface area contributed by atoms with Crippen molar-refractivity contribution in [1.29, 1.82) is 0 Å². The van der Waals surface area contributed by atoms with Crippen LogP contribution in [0.1, 0.15) is 46.9 Å². The molecule has 0 saturated carbocycles. The minimum Gasteiger partial charge on any atom is -0.341 e. The van der Waals surface area contributed by atoms with E-state index in [0.717, 1.165) is 42.6 Å². The summed E-state index contributed by atoms with van der Waals surface area (Å²) >= 11 is 6.46. The number of carbonyl (C=O) groups is 1. The summed E-state index contributed by atoms with van der Waals surface area (Å²) < 4.78 is 0. The largest absolute Gasteiger partial charge is 0.341 e. The van der Waals surface area contributed by atoms with E-state index >= 15 is 0 Å². The number of likely N-dealkylation sites (tertiary alicyclic amines) is 1. The lowest BCUT2D eigenvalue weighted by molar-refractivity contribution is -0.131. The number of rotatable bonds is 2. The molecule has 1 aromatic rings. The third-order valence-corrected chi connectivity index (χ3v) is 4.28. The zero-order chi connectivity index (χ0) is 14.0. The number of aryl methyl sites for hydroxylation is 3. The molecule has 2 rings (SSSR count). The molecule has 0 N–H and O–H groups in total. The van der Waals surface area contributed by atoms with Crippen molar-refractivity contribution in [3.8, 4) is 0 Å². The maximum Gasteiger partial charge on any atom is 0.245 e. The van der Waals surface area contributed by atoms with Crippen molar-refractivity contribution in [1.82, 2.24) is 4.90 Å². The van der Waals surface area contributed by atoms with Crippen molar-refractivity contribution in [3.63, 3.8) is 0 Å². The van der Waals surface area contributed by atoms with Crippen LogP contribution in [0.25, 0.3) is 0 Å². The molecule has 1 atom stereocenters. The molecule has 1 saturated heterocycles. The van der Waals surface area contributed by atoms with E-state index in [1.165, 1.54) is 12.0 Å². The Kier molecular flexibility index (Phi) is 4.51. The standard InChI is InChI=1S/C16H22ClNO/c1-11-9-12(2)14(13(3)10-11)15(17)16(19)18-7-5-4-6-8-18/h9-10,15H,4-8H2,1-3H3. The first kappa shape index (κ1) is 14.4. The molecule has 1 aromatic carbocycles. The van der Waals surface area contributed by atoms with Crippen LogP contribution in [0.4, 0.5) is 0 Å². The smallest absolute Gasteiger partial charge is 0.245 e. The zero-order valence-electron chi connectivity index (χ0n) is 12.0. The van der Waals surface area contributed by atoms with E-state index in [2.05, 4.69) is 19.1 Å². The maximum atomic E-state index is 12.5. The Morgan fingerprint density at radius 1 is 1.11 bits per heavy atom. The van der Waals surface area contributed by atoms with Crippen LogP contribution >= 0.6 is 11.6 Å². The highest BCUT2D eigenvalue weighted by atomic mass is 35.5. The van der Waals surface area contributed by atoms with Crippen LogP contribution in [0.3, 0.4) is 0 Å². The molecule has 0 radical (unpaired) electrons. The van der Waals surface area contributed by atoms with Gasteiger partial charge in [0.15, 0.2) is 0 Å². The number of amides is 1. The van der Waals surface area contributed by atoms with Gasteiger partial charge in [0.2, 0.25) is 5.91 Å². The lowest BCUT2D eigenvalue weighted by Gasteiger charge is -2.29. The van der Waals surface area contributed by atoms with Gasteiger partial charge in [0.1, 0.15) is 5.38 Å². The molecule has 1 heterocycles. The fraction of sp³-hybridized carbons (Fsp3) is 0.562. The Morgan fingerprint density at radius 2 is 1.63 bits per heavy atom. The maximum absolute atomic E-state index is 12.5. The van der Waals surface area contributed by atoms with Gasteiger partial charge in [0.25, 0.3) is 0 Å². The second-order valence-electron chi connectivity index (χ2n) is 5.56. The second-order valence-corrected chi connectivity index (χ2v) is 6.00. The summed E-state index contributed by atoms with van der Waals surface area (Å²) in [5.41, 5.74) is 4.43. The zero-order valence-corrected chi connectivity index (χ0v) is 12.8. The SMILES string of the molecule is Cc1cc(C)c(C(Cl)C(=O)N2CCCCC2)c(C)c1. The lowest BCUT2D eigenvalue weighted by atomic mass is 9.96. The molecule has 3 heteroatoms. The van der Waals surface area contributed by atoms with Crippen molar-refractivity contribution in [2.75, 3.05) is 13.1 Å². The van der Waals surface area contributed by atoms with Crippen LogP contribution in [-0.2, 0) is 4.79 Å². The number of hydrogen-bond acceptors (Lipinski definition) is 1. The molecule has 1 aliphatic heterocycles. The van der Waals surface area contributed by atoms with Gasteiger partial charge in [-0.25, -0.2) is 0 Å². The predicted molar refractivity (Wildman–Crippen MR) is 79.7 cm³/mol. The molecule has 1 amide bonds. The Bertz CT molecular complexity index is 455. The number of piperidine rings is 1. The highest BCUT2D eigenvalue weighted by molar-refractivity contribution is 6.31. The number of nitrogens with zero attached hydrogens (tertiary/aromatic N) is 1. The first-order valence-corrected chi connectivity index (χ1v) is 7.45. The van der Waals surface area contributed by atoms with E-state index in [4.69, 9.17) is 11.6 Å². The van der Waals surface area contributed by atoms with Crippen LogP contribution in [0.15, 0.2) is 12.1 Å². The Balaban J connectivity index is 2.23. The number of alkyl halides is 1. The van der Waals surface area contributed by atoms with Crippen LogP contribution < -0.4 is 0 Å². The number of benzene rings is 1. The summed E-state index contributed by atoms with van der Waals surface area (Å²) in [6.45, 7) is 7.85. The molecular formula is C16H22ClNO. The quantitative estimate of drug-likeness (QED) is 0.752. The third-order valence-electron chi connectivity index (χ3n) is 3.88. The Hall–Kier alpha value is -1.02. The third kappa shape index (κ3) is 3.11. The summed E-state index contributed by atoms with van der Waals surface area (Å²) in [5.74, 6) is 0.0661. The Labute approximate surface area is 120 Å². The molecule has 2 nitrogen and oxygen atoms in total. The fourth-order valence-electron chi connectivity index (χ4n) is 2.99. The van der Waals surface area contributed by atoms with Crippen molar-refractivity contribution in [2.45, 2.75) is 45.4 Å². The van der Waals surface area contributed by atoms with Gasteiger partial charge < -0.3 is 4.90 Å². The van der Waals surface area contributed by atoms with E-state index in [1.807, 2.05) is 18.7 Å². The molecule has 1 unspecified atom stereocenters. The summed E-state index contributed by atoms with van der Waals surface area (Å²) in [4.78, 5) is 14.4. The van der Waals surface area contributed by atoms with E-state index < -0.39 is 5.38 Å². The lowest BCUT2D eigenvalue weighted by Crippen LogP contribution is -2.37.